The maximum absolute atomic E-state index is 6.23. The van der Waals surface area contributed by atoms with Gasteiger partial charge in [0.25, 0.3) is 0 Å². The van der Waals surface area contributed by atoms with E-state index >= 15 is 0 Å². The molecule has 9 aromatic rings. The standard InChI is InChI=1S/C41H25N3O/c1-2-12-27(13-3-1)39-42-40(29-22-21-26-11-4-5-14-28(26)25-29)44-41(43-39)34-24-23-32(30-15-6-7-16-31(30)34)33-18-10-20-37-38(33)35-17-8-9-19-36(35)45-37/h1-25H. The Labute approximate surface area is 259 Å². The maximum atomic E-state index is 6.23. The van der Waals surface area contributed by atoms with Gasteiger partial charge in [0.1, 0.15) is 11.2 Å². The lowest BCUT2D eigenvalue weighted by Gasteiger charge is -2.14. The Morgan fingerprint density at radius 1 is 0.356 bits per heavy atom. The van der Waals surface area contributed by atoms with Crippen LogP contribution in [0, 0.1) is 0 Å². The normalized spacial score (nSPS) is 11.6. The molecule has 45 heavy (non-hydrogen) atoms. The van der Waals surface area contributed by atoms with Crippen molar-refractivity contribution in [2.24, 2.45) is 0 Å². The highest BCUT2D eigenvalue weighted by Gasteiger charge is 2.18. The second-order valence-electron chi connectivity index (χ2n) is 11.2. The third-order valence-corrected chi connectivity index (χ3v) is 8.53. The minimum atomic E-state index is 0.640. The Morgan fingerprint density at radius 3 is 1.82 bits per heavy atom. The minimum absolute atomic E-state index is 0.640. The lowest BCUT2D eigenvalue weighted by Crippen LogP contribution is -2.00. The van der Waals surface area contributed by atoms with E-state index in [0.29, 0.717) is 17.5 Å². The average molecular weight is 576 g/mol. The quantitative estimate of drug-likeness (QED) is 0.209. The SMILES string of the molecule is c1ccc(-c2nc(-c3ccc4ccccc4c3)nc(-c3ccc(-c4cccc5oc6ccccc6c45)c4ccccc34)n2)cc1. The van der Waals surface area contributed by atoms with Gasteiger partial charge >= 0.3 is 0 Å². The van der Waals surface area contributed by atoms with Crippen molar-refractivity contribution in [1.29, 1.82) is 0 Å². The summed E-state index contributed by atoms with van der Waals surface area (Å²) in [6.45, 7) is 0. The van der Waals surface area contributed by atoms with Crippen LogP contribution in [0.15, 0.2) is 156 Å². The summed E-state index contributed by atoms with van der Waals surface area (Å²) in [6, 6.07) is 52.2. The largest absolute Gasteiger partial charge is 0.456 e. The highest BCUT2D eigenvalue weighted by atomic mass is 16.3. The first-order valence-corrected chi connectivity index (χ1v) is 15.0. The highest BCUT2D eigenvalue weighted by molar-refractivity contribution is 6.16. The van der Waals surface area contributed by atoms with Gasteiger partial charge < -0.3 is 4.42 Å². The van der Waals surface area contributed by atoms with Crippen LogP contribution in [0.5, 0.6) is 0 Å². The van der Waals surface area contributed by atoms with Crippen LogP contribution in [0.4, 0.5) is 0 Å². The van der Waals surface area contributed by atoms with Crippen LogP contribution in [0.25, 0.3) is 88.8 Å². The zero-order valence-corrected chi connectivity index (χ0v) is 24.2. The molecule has 7 aromatic carbocycles. The second-order valence-corrected chi connectivity index (χ2v) is 11.2. The average Bonchev–Trinajstić information content (AvgIpc) is 3.50. The first kappa shape index (κ1) is 25.4. The van der Waals surface area contributed by atoms with Gasteiger partial charge in [-0.1, -0.05) is 127 Å². The van der Waals surface area contributed by atoms with E-state index in [4.69, 9.17) is 19.4 Å². The van der Waals surface area contributed by atoms with Gasteiger partial charge in [-0.3, -0.25) is 0 Å². The van der Waals surface area contributed by atoms with E-state index in [1.54, 1.807) is 0 Å². The number of para-hydroxylation sites is 1. The molecule has 4 heteroatoms. The van der Waals surface area contributed by atoms with Crippen molar-refractivity contribution in [1.82, 2.24) is 15.0 Å². The summed E-state index contributed by atoms with van der Waals surface area (Å²) in [5.41, 5.74) is 6.90. The number of benzene rings is 7. The molecule has 0 saturated heterocycles. The fraction of sp³-hybridized carbons (Fsp3) is 0. The number of hydrogen-bond donors (Lipinski definition) is 0. The Bertz CT molecular complexity index is 2550. The van der Waals surface area contributed by atoms with Crippen molar-refractivity contribution in [3.63, 3.8) is 0 Å². The van der Waals surface area contributed by atoms with Gasteiger partial charge in [0, 0.05) is 27.5 Å². The Kier molecular flexibility index (Phi) is 5.78. The second kappa shape index (κ2) is 10.2. The van der Waals surface area contributed by atoms with E-state index in [-0.39, 0.29) is 0 Å². The van der Waals surface area contributed by atoms with Crippen LogP contribution < -0.4 is 0 Å². The summed E-state index contributed by atoms with van der Waals surface area (Å²) in [5.74, 6) is 1.93. The van der Waals surface area contributed by atoms with Crippen molar-refractivity contribution in [3.8, 4) is 45.3 Å². The van der Waals surface area contributed by atoms with E-state index < -0.39 is 0 Å². The fourth-order valence-corrected chi connectivity index (χ4v) is 6.40. The summed E-state index contributed by atoms with van der Waals surface area (Å²) < 4.78 is 6.23. The van der Waals surface area contributed by atoms with Crippen molar-refractivity contribution in [3.05, 3.63) is 152 Å². The predicted octanol–water partition coefficient (Wildman–Crippen LogP) is 10.7. The molecular weight excluding hydrogens is 550 g/mol. The Morgan fingerprint density at radius 2 is 0.978 bits per heavy atom. The van der Waals surface area contributed by atoms with E-state index in [1.807, 2.05) is 48.5 Å². The summed E-state index contributed by atoms with van der Waals surface area (Å²) in [7, 11) is 0. The molecule has 0 aliphatic rings. The van der Waals surface area contributed by atoms with Gasteiger partial charge in [0.15, 0.2) is 17.5 Å². The van der Waals surface area contributed by atoms with Crippen LogP contribution in [0.2, 0.25) is 0 Å². The molecule has 0 bridgehead atoms. The smallest absolute Gasteiger partial charge is 0.164 e. The maximum Gasteiger partial charge on any atom is 0.164 e. The molecule has 0 aliphatic carbocycles. The summed E-state index contributed by atoms with van der Waals surface area (Å²) in [5, 5.41) is 6.77. The topological polar surface area (TPSA) is 51.8 Å². The van der Waals surface area contributed by atoms with Crippen LogP contribution in [-0.2, 0) is 0 Å². The van der Waals surface area contributed by atoms with E-state index in [9.17, 15) is 0 Å². The molecule has 0 amide bonds. The van der Waals surface area contributed by atoms with Gasteiger partial charge in [-0.25, -0.2) is 15.0 Å². The first-order valence-electron chi connectivity index (χ1n) is 15.0. The molecule has 0 aliphatic heterocycles. The monoisotopic (exact) mass is 575 g/mol. The van der Waals surface area contributed by atoms with Gasteiger partial charge in [0.2, 0.25) is 0 Å². The summed E-state index contributed by atoms with van der Waals surface area (Å²) in [4.78, 5) is 15.1. The van der Waals surface area contributed by atoms with Gasteiger partial charge in [-0.05, 0) is 56.9 Å². The lowest BCUT2D eigenvalue weighted by molar-refractivity contribution is 0.669. The summed E-state index contributed by atoms with van der Waals surface area (Å²) >= 11 is 0. The molecule has 0 saturated carbocycles. The Balaban J connectivity index is 1.28. The molecule has 0 fully saturated rings. The molecule has 0 unspecified atom stereocenters. The minimum Gasteiger partial charge on any atom is -0.456 e. The number of hydrogen-bond acceptors (Lipinski definition) is 4. The van der Waals surface area contributed by atoms with E-state index in [0.717, 1.165) is 65.9 Å². The first-order chi connectivity index (χ1) is 22.3. The number of fused-ring (bicyclic) bond motifs is 5. The molecule has 0 radical (unpaired) electrons. The Hall–Kier alpha value is -6.13. The van der Waals surface area contributed by atoms with Crippen molar-refractivity contribution in [2.45, 2.75) is 0 Å². The van der Waals surface area contributed by atoms with Gasteiger partial charge in [0.05, 0.1) is 0 Å². The van der Waals surface area contributed by atoms with Crippen molar-refractivity contribution < 1.29 is 4.42 Å². The molecule has 2 aromatic heterocycles. The van der Waals surface area contributed by atoms with E-state index in [1.165, 1.54) is 5.39 Å². The highest BCUT2D eigenvalue weighted by Crippen LogP contribution is 2.41. The third-order valence-electron chi connectivity index (χ3n) is 8.53. The molecule has 4 nitrogen and oxygen atoms in total. The number of rotatable bonds is 4. The molecule has 9 rings (SSSR count). The van der Waals surface area contributed by atoms with E-state index in [2.05, 4.69) is 103 Å². The van der Waals surface area contributed by atoms with Crippen molar-refractivity contribution in [2.75, 3.05) is 0 Å². The molecule has 0 spiro atoms. The molecule has 0 atom stereocenters. The number of furan rings is 1. The van der Waals surface area contributed by atoms with Gasteiger partial charge in [-0.2, -0.15) is 0 Å². The van der Waals surface area contributed by atoms with Gasteiger partial charge in [-0.15, -0.1) is 0 Å². The van der Waals surface area contributed by atoms with Crippen LogP contribution in [-0.4, -0.2) is 15.0 Å². The van der Waals surface area contributed by atoms with Crippen LogP contribution in [0.1, 0.15) is 0 Å². The fourth-order valence-electron chi connectivity index (χ4n) is 6.40. The summed E-state index contributed by atoms with van der Waals surface area (Å²) in [6.07, 6.45) is 0. The van der Waals surface area contributed by atoms with Crippen LogP contribution >= 0.6 is 0 Å². The molecule has 2 heterocycles. The number of nitrogens with zero attached hydrogens (tertiary/aromatic N) is 3. The predicted molar refractivity (Wildman–Crippen MR) is 184 cm³/mol. The zero-order valence-electron chi connectivity index (χ0n) is 24.2. The lowest BCUT2D eigenvalue weighted by atomic mass is 9.92. The third kappa shape index (κ3) is 4.27. The van der Waals surface area contributed by atoms with Crippen LogP contribution in [0.3, 0.4) is 0 Å². The molecule has 0 N–H and O–H groups in total. The van der Waals surface area contributed by atoms with Crippen molar-refractivity contribution >= 4 is 43.5 Å². The molecular formula is C41H25N3O. The zero-order chi connectivity index (χ0) is 29.7. The molecule has 210 valence electrons. The number of aromatic nitrogens is 3.